The third kappa shape index (κ3) is 2.52. The van der Waals surface area contributed by atoms with Crippen molar-refractivity contribution in [1.29, 1.82) is 0 Å². The van der Waals surface area contributed by atoms with Gasteiger partial charge in [-0.3, -0.25) is 9.55 Å². The number of aliphatic hydroxyl groups excluding tert-OH is 2. The average Bonchev–Trinajstić information content (AvgIpc) is 2.65. The zero-order chi connectivity index (χ0) is 17.8. The Labute approximate surface area is 126 Å². The summed E-state index contributed by atoms with van der Waals surface area (Å²) in [6.45, 7) is -3.22. The van der Waals surface area contributed by atoms with Gasteiger partial charge in [0.15, 0.2) is 6.20 Å². The predicted octanol–water partition coefficient (Wildman–Crippen LogP) is 0.122. The van der Waals surface area contributed by atoms with Crippen molar-refractivity contribution < 1.29 is 28.2 Å². The first-order valence-electron chi connectivity index (χ1n) is 6.73. The fourth-order valence-electron chi connectivity index (χ4n) is 1.63. The van der Waals surface area contributed by atoms with E-state index in [-0.39, 0.29) is 9.66 Å². The maximum Gasteiger partial charge on any atom is 0.328 e. The number of hydrogen-bond donors (Lipinski definition) is 3. The summed E-state index contributed by atoms with van der Waals surface area (Å²) in [6.07, 6.45) is -6.97. The smallest absolute Gasteiger partial charge is 0.328 e. The van der Waals surface area contributed by atoms with Crippen molar-refractivity contribution in [2.45, 2.75) is 24.3 Å². The molecule has 4 atom stereocenters. The van der Waals surface area contributed by atoms with Crippen molar-refractivity contribution >= 4 is 23.8 Å². The second-order valence-electron chi connectivity index (χ2n) is 3.89. The Balaban J connectivity index is 2.63. The number of nitrogens with one attached hydrogen (secondary N) is 1. The fourth-order valence-corrected chi connectivity index (χ4v) is 1.92. The minimum absolute atomic E-state index is 0.164. The van der Waals surface area contributed by atoms with Crippen LogP contribution in [0.25, 0.3) is 0 Å². The molecule has 0 aliphatic carbocycles. The van der Waals surface area contributed by atoms with Crippen molar-refractivity contribution in [3.63, 3.8) is 0 Å². The Kier molecular flexibility index (Phi) is 3.24. The van der Waals surface area contributed by atoms with Crippen LogP contribution in [0, 0.1) is 4.64 Å². The quantitative estimate of drug-likeness (QED) is 0.682. The topological polar surface area (TPSA) is 96.7 Å². The summed E-state index contributed by atoms with van der Waals surface area (Å²) in [7, 11) is 0.802. The third-order valence-electron chi connectivity index (χ3n) is 2.56. The molecule has 0 amide bonds. The number of nitrogens with zero attached hydrogens (tertiary/aromatic N) is 1. The van der Waals surface area contributed by atoms with Gasteiger partial charge in [0.2, 0.25) is 0 Å². The van der Waals surface area contributed by atoms with Crippen molar-refractivity contribution in [3.05, 3.63) is 26.3 Å². The van der Waals surface area contributed by atoms with Crippen molar-refractivity contribution in [2.75, 3.05) is 13.7 Å². The van der Waals surface area contributed by atoms with Crippen LogP contribution < -0.4 is 5.69 Å². The molecule has 0 radical (unpaired) electrons. The van der Waals surface area contributed by atoms with E-state index in [0.717, 1.165) is 13.3 Å². The molecule has 7 nitrogen and oxygen atoms in total. The summed E-state index contributed by atoms with van der Waals surface area (Å²) in [4.78, 5) is 14.0. The van der Waals surface area contributed by atoms with E-state index in [1.165, 1.54) is 0 Å². The molecule has 0 unspecified atom stereocenters. The predicted molar refractivity (Wildman–Crippen MR) is 68.7 cm³/mol. The van der Waals surface area contributed by atoms with E-state index in [0.29, 0.717) is 4.57 Å². The number of halogens is 2. The van der Waals surface area contributed by atoms with Crippen molar-refractivity contribution in [3.8, 4) is 0 Å². The summed E-state index contributed by atoms with van der Waals surface area (Å²) in [6, 6.07) is 0. The molecule has 0 bridgehead atoms. The molecular weight excluding hydrogens is 315 g/mol. The largest absolute Gasteiger partial charge is 0.385 e. The van der Waals surface area contributed by atoms with Gasteiger partial charge in [-0.05, 0) is 0 Å². The number of methoxy groups -OCH3 is 1. The van der Waals surface area contributed by atoms with Gasteiger partial charge in [0.25, 0.3) is 5.85 Å². The second-order valence-corrected chi connectivity index (χ2v) is 4.70. The molecule has 2 heterocycles. The van der Waals surface area contributed by atoms with E-state index in [4.69, 9.17) is 27.9 Å². The average molecular weight is 330 g/mol. The number of ether oxygens (including phenoxy) is 2. The molecule has 20 heavy (non-hydrogen) atoms. The van der Waals surface area contributed by atoms with Crippen LogP contribution in [0.5, 0.6) is 0 Å². The first-order valence-corrected chi connectivity index (χ1v) is 6.01. The Morgan fingerprint density at radius 1 is 1.85 bits per heavy atom. The van der Waals surface area contributed by atoms with Crippen LogP contribution in [0.2, 0.25) is 5.02 Å². The zero-order valence-electron chi connectivity index (χ0n) is 13.0. The van der Waals surface area contributed by atoms with E-state index < -0.39 is 36.5 Å². The molecule has 1 saturated heterocycles. The minimum Gasteiger partial charge on any atom is -0.385 e. The number of aliphatic hydroxyl groups is 2. The maximum atomic E-state index is 14.8. The number of hydrogen-bond acceptors (Lipinski definition) is 6. The summed E-state index contributed by atoms with van der Waals surface area (Å²) < 4.78 is 46.8. The van der Waals surface area contributed by atoms with Gasteiger partial charge in [0.1, 0.15) is 23.4 Å². The number of H-pyrrole nitrogens is 1. The lowest BCUT2D eigenvalue weighted by atomic mass is 10.1. The minimum atomic E-state index is -3.62. The van der Waals surface area contributed by atoms with Crippen LogP contribution >= 0.6 is 23.8 Å². The molecular formula is C10H12ClFN2O5S. The lowest BCUT2D eigenvalue weighted by Crippen LogP contribution is -2.42. The van der Waals surface area contributed by atoms with Crippen LogP contribution in [0.3, 0.4) is 0 Å². The van der Waals surface area contributed by atoms with Gasteiger partial charge in [-0.15, -0.1) is 0 Å². The monoisotopic (exact) mass is 329 g/mol. The van der Waals surface area contributed by atoms with E-state index in [2.05, 4.69) is 14.5 Å². The van der Waals surface area contributed by atoms with Gasteiger partial charge in [0.05, 0.1) is 9.13 Å². The van der Waals surface area contributed by atoms with Crippen LogP contribution in [0.4, 0.5) is 4.39 Å². The van der Waals surface area contributed by atoms with Crippen LogP contribution in [-0.2, 0) is 9.47 Å². The van der Waals surface area contributed by atoms with Gasteiger partial charge in [-0.2, -0.15) is 0 Å². The molecule has 10 heteroatoms. The van der Waals surface area contributed by atoms with Crippen LogP contribution in [0.15, 0.2) is 11.0 Å². The highest BCUT2D eigenvalue weighted by molar-refractivity contribution is 7.71. The molecule has 0 aromatic carbocycles. The highest BCUT2D eigenvalue weighted by atomic mass is 35.5. The summed E-state index contributed by atoms with van der Waals surface area (Å²) in [5.41, 5.74) is -1.08. The van der Waals surface area contributed by atoms with Crippen LogP contribution in [-0.4, -0.2) is 51.5 Å². The van der Waals surface area contributed by atoms with Crippen molar-refractivity contribution in [1.82, 2.24) is 9.55 Å². The molecule has 0 spiro atoms. The first kappa shape index (κ1) is 11.8. The molecule has 1 aromatic rings. The van der Waals surface area contributed by atoms with Gasteiger partial charge < -0.3 is 19.7 Å². The SMILES string of the molecule is [2H]C([2H])(OC)[C@@]1(F)O[C@@]([2H])(n2cc(Cl)c(=S)[nH]c2=O)[C@H](O)[C@@H]1O. The molecule has 1 fully saturated rings. The van der Waals surface area contributed by atoms with E-state index in [1.54, 1.807) is 0 Å². The molecule has 0 saturated carbocycles. The van der Waals surface area contributed by atoms with Gasteiger partial charge in [-0.1, -0.05) is 23.8 Å². The lowest BCUT2D eigenvalue weighted by Gasteiger charge is -2.21. The zero-order valence-corrected chi connectivity index (χ0v) is 11.5. The number of rotatable bonds is 3. The highest BCUT2D eigenvalue weighted by Crippen LogP contribution is 2.38. The summed E-state index contributed by atoms with van der Waals surface area (Å²) in [5.74, 6) is -3.62. The Bertz CT molecular complexity index is 748. The van der Waals surface area contributed by atoms with Gasteiger partial charge in [-0.25, -0.2) is 9.18 Å². The Morgan fingerprint density at radius 3 is 3.10 bits per heavy atom. The van der Waals surface area contributed by atoms with Gasteiger partial charge in [0, 0.05) is 13.3 Å². The molecule has 2 rings (SSSR count). The van der Waals surface area contributed by atoms with E-state index in [1.807, 2.05) is 0 Å². The Hall–Kier alpha value is -0.840. The number of aromatic amines is 1. The van der Waals surface area contributed by atoms with E-state index >= 15 is 0 Å². The molecule has 1 aliphatic heterocycles. The van der Waals surface area contributed by atoms with Crippen molar-refractivity contribution in [2.24, 2.45) is 0 Å². The summed E-state index contributed by atoms with van der Waals surface area (Å²) in [5, 5.41) is 19.6. The number of aromatic nitrogens is 2. The van der Waals surface area contributed by atoms with Gasteiger partial charge >= 0.3 is 5.69 Å². The summed E-state index contributed by atoms with van der Waals surface area (Å²) >= 11 is 10.4. The molecule has 1 aliphatic rings. The molecule has 3 N–H and O–H groups in total. The molecule has 112 valence electrons. The number of alkyl halides is 1. The fraction of sp³-hybridized carbons (Fsp3) is 0.600. The van der Waals surface area contributed by atoms with Crippen LogP contribution in [0.1, 0.15) is 10.3 Å². The normalized spacial score (nSPS) is 40.1. The third-order valence-corrected chi connectivity index (χ3v) is 3.28. The Morgan fingerprint density at radius 2 is 2.50 bits per heavy atom. The second kappa shape index (κ2) is 5.51. The lowest BCUT2D eigenvalue weighted by molar-refractivity contribution is -0.211. The standard InChI is InChI=1S/C10H12ClFN2O5S/c1-18-3-10(12)6(16)5(15)8(19-10)14-2-4(11)7(20)13-9(14)17/h2,5-6,8,15-16H,3H2,1H3,(H,13,17,20)/t5-,6+,8-,10-/m1/s1/i3D2,8D. The molecule has 1 aromatic heterocycles. The first-order chi connectivity index (χ1) is 10.4. The highest BCUT2D eigenvalue weighted by Gasteiger charge is 2.56. The maximum absolute atomic E-state index is 14.8. The van der Waals surface area contributed by atoms with E-state index in [9.17, 15) is 19.4 Å².